The minimum atomic E-state index is -0.148. The molecule has 3 aromatic rings. The Morgan fingerprint density at radius 3 is 2.52 bits per heavy atom. The molecule has 1 fully saturated rings. The molecule has 0 N–H and O–H groups in total. The number of aryl methyl sites for hydroxylation is 1. The number of rotatable bonds is 3. The summed E-state index contributed by atoms with van der Waals surface area (Å²) in [4.78, 5) is 15.3. The largest absolute Gasteiger partial charge is 0.454 e. The molecule has 8 heteroatoms. The molecule has 5 rings (SSSR count). The molecule has 0 unspecified atom stereocenters. The van der Waals surface area contributed by atoms with E-state index in [0.717, 1.165) is 22.6 Å². The Hall–Kier alpha value is -2.74. The fraction of sp³-hybridized carbons (Fsp3) is 0.130. The van der Waals surface area contributed by atoms with Crippen molar-refractivity contribution in [3.63, 3.8) is 0 Å². The number of carbonyl (C=O) groups is 1. The molecule has 2 aliphatic heterocycles. The van der Waals surface area contributed by atoms with Gasteiger partial charge in [-0.3, -0.25) is 9.69 Å². The molecule has 5 nitrogen and oxygen atoms in total. The topological polar surface area (TPSA) is 43.7 Å². The van der Waals surface area contributed by atoms with E-state index in [9.17, 15) is 4.79 Å². The second-order valence-electron chi connectivity index (χ2n) is 7.19. The Labute approximate surface area is 194 Å². The molecular weight excluding hydrogens is 452 g/mol. The van der Waals surface area contributed by atoms with Crippen molar-refractivity contribution < 1.29 is 14.3 Å². The molecular formula is C23H17ClN2O3S2. The van der Waals surface area contributed by atoms with E-state index in [2.05, 4.69) is 10.6 Å². The number of fused-ring (bicyclic) bond motifs is 1. The number of amides is 1. The van der Waals surface area contributed by atoms with Gasteiger partial charge in [-0.15, -0.1) is 0 Å². The summed E-state index contributed by atoms with van der Waals surface area (Å²) in [7, 11) is 0. The molecule has 156 valence electrons. The Kier molecular flexibility index (Phi) is 5.04. The van der Waals surface area contributed by atoms with E-state index < -0.39 is 0 Å². The van der Waals surface area contributed by atoms with Crippen LogP contribution in [0.25, 0.3) is 11.8 Å². The van der Waals surface area contributed by atoms with Crippen molar-refractivity contribution in [1.82, 2.24) is 4.57 Å². The van der Waals surface area contributed by atoms with Crippen LogP contribution in [0.5, 0.6) is 11.5 Å². The molecule has 0 bridgehead atoms. The van der Waals surface area contributed by atoms with Gasteiger partial charge in [-0.05, 0) is 68.0 Å². The standard InChI is InChI=1S/C23H17ClN2O3S2/c1-13-9-15(14(2)25(13)17-5-3-16(24)4-6-17)10-21-22(27)26(23(30)31-21)18-7-8-19-20(11-18)29-12-28-19/h3-11H,12H2,1-2H3/b21-10+. The first-order valence-corrected chi connectivity index (χ1v) is 11.1. The Morgan fingerprint density at radius 1 is 1.03 bits per heavy atom. The lowest BCUT2D eigenvalue weighted by atomic mass is 10.2. The van der Waals surface area contributed by atoms with Crippen molar-refractivity contribution in [2.24, 2.45) is 0 Å². The second-order valence-corrected chi connectivity index (χ2v) is 9.31. The van der Waals surface area contributed by atoms with Crippen molar-refractivity contribution in [2.45, 2.75) is 13.8 Å². The van der Waals surface area contributed by atoms with E-state index in [1.807, 2.05) is 50.3 Å². The van der Waals surface area contributed by atoms with Gasteiger partial charge in [-0.2, -0.15) is 0 Å². The number of anilines is 1. The van der Waals surface area contributed by atoms with Gasteiger partial charge in [0.25, 0.3) is 5.91 Å². The number of aromatic nitrogens is 1. The van der Waals surface area contributed by atoms with E-state index in [1.54, 1.807) is 12.1 Å². The highest BCUT2D eigenvalue weighted by Gasteiger charge is 2.34. The lowest BCUT2D eigenvalue weighted by Gasteiger charge is -2.14. The summed E-state index contributed by atoms with van der Waals surface area (Å²) in [5.74, 6) is 1.13. The summed E-state index contributed by atoms with van der Waals surface area (Å²) in [6, 6.07) is 15.1. The molecule has 1 saturated heterocycles. The summed E-state index contributed by atoms with van der Waals surface area (Å²) >= 11 is 12.8. The summed E-state index contributed by atoms with van der Waals surface area (Å²) in [5, 5.41) is 0.693. The maximum atomic E-state index is 13.2. The lowest BCUT2D eigenvalue weighted by molar-refractivity contribution is -0.113. The lowest BCUT2D eigenvalue weighted by Crippen LogP contribution is -2.27. The molecule has 0 aliphatic carbocycles. The van der Waals surface area contributed by atoms with Crippen molar-refractivity contribution in [3.8, 4) is 17.2 Å². The molecule has 2 aliphatic rings. The maximum absolute atomic E-state index is 13.2. The van der Waals surface area contributed by atoms with Crippen LogP contribution in [0.2, 0.25) is 5.02 Å². The van der Waals surface area contributed by atoms with E-state index in [4.69, 9.17) is 33.3 Å². The molecule has 1 aromatic heterocycles. The highest BCUT2D eigenvalue weighted by molar-refractivity contribution is 8.27. The third-order valence-corrected chi connectivity index (χ3v) is 6.80. The number of benzene rings is 2. The molecule has 31 heavy (non-hydrogen) atoms. The Morgan fingerprint density at radius 2 is 1.74 bits per heavy atom. The average molecular weight is 469 g/mol. The van der Waals surface area contributed by atoms with Gasteiger partial charge in [0.2, 0.25) is 6.79 Å². The van der Waals surface area contributed by atoms with Crippen LogP contribution in [0.15, 0.2) is 53.4 Å². The van der Waals surface area contributed by atoms with E-state index >= 15 is 0 Å². The van der Waals surface area contributed by atoms with Gasteiger partial charge in [0.05, 0.1) is 10.6 Å². The molecule has 3 heterocycles. The average Bonchev–Trinajstić information content (AvgIpc) is 3.39. The van der Waals surface area contributed by atoms with Gasteiger partial charge < -0.3 is 14.0 Å². The molecule has 0 atom stereocenters. The van der Waals surface area contributed by atoms with Gasteiger partial charge >= 0.3 is 0 Å². The minimum absolute atomic E-state index is 0.148. The summed E-state index contributed by atoms with van der Waals surface area (Å²) in [6.45, 7) is 4.25. The Bertz CT molecular complexity index is 1260. The number of hydrogen-bond donors (Lipinski definition) is 0. The van der Waals surface area contributed by atoms with Crippen LogP contribution >= 0.6 is 35.6 Å². The molecule has 2 aromatic carbocycles. The van der Waals surface area contributed by atoms with Crippen molar-refractivity contribution in [1.29, 1.82) is 0 Å². The first-order chi connectivity index (χ1) is 14.9. The van der Waals surface area contributed by atoms with Crippen LogP contribution in [0, 0.1) is 13.8 Å². The zero-order valence-electron chi connectivity index (χ0n) is 16.7. The SMILES string of the molecule is Cc1cc(/C=C2/SC(=S)N(c3ccc4c(c3)OCO4)C2=O)c(C)n1-c1ccc(Cl)cc1. The molecule has 0 saturated carbocycles. The number of thiocarbonyl (C=S) groups is 1. The van der Waals surface area contributed by atoms with Crippen LogP contribution in [0.3, 0.4) is 0 Å². The van der Waals surface area contributed by atoms with Gasteiger partial charge in [0.1, 0.15) is 0 Å². The zero-order valence-corrected chi connectivity index (χ0v) is 19.1. The molecule has 0 spiro atoms. The van der Waals surface area contributed by atoms with Gasteiger partial charge in [0, 0.05) is 28.2 Å². The second kappa shape index (κ2) is 7.75. The van der Waals surface area contributed by atoms with Gasteiger partial charge in [-0.25, -0.2) is 0 Å². The van der Waals surface area contributed by atoms with Gasteiger partial charge in [-0.1, -0.05) is 35.6 Å². The third-order valence-electron chi connectivity index (χ3n) is 5.25. The van der Waals surface area contributed by atoms with E-state index in [1.165, 1.54) is 16.7 Å². The fourth-order valence-electron chi connectivity index (χ4n) is 3.78. The number of nitrogens with zero attached hydrogens (tertiary/aromatic N) is 2. The van der Waals surface area contributed by atoms with Crippen LogP contribution in [-0.4, -0.2) is 21.6 Å². The normalized spacial score (nSPS) is 16.6. The van der Waals surface area contributed by atoms with Crippen LogP contribution in [0.4, 0.5) is 5.69 Å². The highest BCUT2D eigenvalue weighted by atomic mass is 35.5. The third kappa shape index (κ3) is 3.52. The highest BCUT2D eigenvalue weighted by Crippen LogP contribution is 2.41. The number of thioether (sulfide) groups is 1. The number of halogens is 1. The quantitative estimate of drug-likeness (QED) is 0.354. The molecule has 1 amide bonds. The van der Waals surface area contributed by atoms with Crippen LogP contribution in [-0.2, 0) is 4.79 Å². The monoisotopic (exact) mass is 468 g/mol. The van der Waals surface area contributed by atoms with Crippen molar-refractivity contribution >= 4 is 57.6 Å². The van der Waals surface area contributed by atoms with Crippen molar-refractivity contribution in [3.05, 3.63) is 75.4 Å². The summed E-state index contributed by atoms with van der Waals surface area (Å²) in [5.41, 5.74) is 4.76. The van der Waals surface area contributed by atoms with E-state index in [0.29, 0.717) is 31.4 Å². The van der Waals surface area contributed by atoms with Crippen LogP contribution in [0.1, 0.15) is 17.0 Å². The summed E-state index contributed by atoms with van der Waals surface area (Å²) in [6.07, 6.45) is 1.90. The number of hydrogen-bond acceptors (Lipinski definition) is 5. The number of carbonyl (C=O) groups excluding carboxylic acids is 1. The maximum Gasteiger partial charge on any atom is 0.270 e. The van der Waals surface area contributed by atoms with Crippen molar-refractivity contribution in [2.75, 3.05) is 11.7 Å². The first kappa shape index (κ1) is 20.2. The first-order valence-electron chi connectivity index (χ1n) is 9.55. The van der Waals surface area contributed by atoms with Crippen LogP contribution < -0.4 is 14.4 Å². The van der Waals surface area contributed by atoms with Gasteiger partial charge in [0.15, 0.2) is 15.8 Å². The minimum Gasteiger partial charge on any atom is -0.454 e. The summed E-state index contributed by atoms with van der Waals surface area (Å²) < 4.78 is 13.4. The fourth-order valence-corrected chi connectivity index (χ4v) is 5.19. The molecule has 0 radical (unpaired) electrons. The zero-order chi connectivity index (χ0) is 21.7. The predicted molar refractivity (Wildman–Crippen MR) is 128 cm³/mol. The smallest absolute Gasteiger partial charge is 0.270 e. The number of ether oxygens (including phenoxy) is 2. The Balaban J connectivity index is 1.48. The van der Waals surface area contributed by atoms with E-state index in [-0.39, 0.29) is 12.7 Å². The predicted octanol–water partition coefficient (Wildman–Crippen LogP) is 5.88.